The van der Waals surface area contributed by atoms with Crippen molar-refractivity contribution >= 4 is 21.4 Å². The van der Waals surface area contributed by atoms with Crippen molar-refractivity contribution in [3.8, 4) is 11.3 Å². The summed E-state index contributed by atoms with van der Waals surface area (Å²) in [6.45, 7) is 6.08. The van der Waals surface area contributed by atoms with Gasteiger partial charge in [0.15, 0.2) is 9.84 Å². The van der Waals surface area contributed by atoms with Gasteiger partial charge < -0.3 is 9.88 Å². The molecule has 28 heavy (non-hydrogen) atoms. The van der Waals surface area contributed by atoms with Crippen LogP contribution in [0.4, 0.5) is 5.69 Å². The largest absolute Gasteiger partial charge is 0.350 e. The molecular weight excluding hydrogens is 372 g/mol. The van der Waals surface area contributed by atoms with Crippen LogP contribution in [0.25, 0.3) is 11.3 Å². The standard InChI is InChI=1S/C22H24N2O3S/c1-14-7-6-8-15(2)20(14)21-16(3)19(13-24(21)4)22(25)23-17-9-11-18(12-10-17)28(5,26)27/h6-13H,1-5H3,(H,23,25). The van der Waals surface area contributed by atoms with Gasteiger partial charge in [0, 0.05) is 30.8 Å². The number of anilines is 1. The summed E-state index contributed by atoms with van der Waals surface area (Å²) in [4.78, 5) is 13.1. The van der Waals surface area contributed by atoms with Gasteiger partial charge >= 0.3 is 0 Å². The Morgan fingerprint density at radius 1 is 0.964 bits per heavy atom. The maximum atomic E-state index is 12.8. The molecule has 1 amide bonds. The summed E-state index contributed by atoms with van der Waals surface area (Å²) < 4.78 is 25.1. The zero-order valence-corrected chi connectivity index (χ0v) is 17.5. The molecule has 0 unspecified atom stereocenters. The molecule has 2 aromatic carbocycles. The Bertz CT molecular complexity index is 1140. The van der Waals surface area contributed by atoms with Crippen LogP contribution in [0.3, 0.4) is 0 Å². The van der Waals surface area contributed by atoms with E-state index in [1.54, 1.807) is 12.1 Å². The molecule has 0 saturated heterocycles. The zero-order chi connectivity index (χ0) is 20.6. The van der Waals surface area contributed by atoms with Crippen molar-refractivity contribution in [1.29, 1.82) is 0 Å². The summed E-state index contributed by atoms with van der Waals surface area (Å²) in [5.41, 5.74) is 6.53. The number of nitrogens with zero attached hydrogens (tertiary/aromatic N) is 1. The Morgan fingerprint density at radius 2 is 1.54 bits per heavy atom. The Labute approximate surface area is 165 Å². The lowest BCUT2D eigenvalue weighted by Gasteiger charge is -2.12. The molecule has 0 atom stereocenters. The molecular formula is C22H24N2O3S. The van der Waals surface area contributed by atoms with Gasteiger partial charge in [-0.1, -0.05) is 18.2 Å². The zero-order valence-electron chi connectivity index (χ0n) is 16.7. The van der Waals surface area contributed by atoms with Crippen LogP contribution in [-0.2, 0) is 16.9 Å². The van der Waals surface area contributed by atoms with Crippen molar-refractivity contribution < 1.29 is 13.2 Å². The first kappa shape index (κ1) is 19.9. The number of benzene rings is 2. The number of carbonyl (C=O) groups excluding carboxylic acids is 1. The highest BCUT2D eigenvalue weighted by Crippen LogP contribution is 2.32. The van der Waals surface area contributed by atoms with Crippen LogP contribution >= 0.6 is 0 Å². The van der Waals surface area contributed by atoms with Crippen LogP contribution in [0, 0.1) is 20.8 Å². The number of carbonyl (C=O) groups is 1. The van der Waals surface area contributed by atoms with Gasteiger partial charge in [0.1, 0.15) is 0 Å². The van der Waals surface area contributed by atoms with Gasteiger partial charge in [-0.2, -0.15) is 0 Å². The molecule has 0 aliphatic heterocycles. The smallest absolute Gasteiger partial charge is 0.257 e. The summed E-state index contributed by atoms with van der Waals surface area (Å²) in [5, 5.41) is 2.85. The van der Waals surface area contributed by atoms with Crippen molar-refractivity contribution in [2.24, 2.45) is 7.05 Å². The number of aromatic nitrogens is 1. The molecule has 0 spiro atoms. The molecule has 3 rings (SSSR count). The van der Waals surface area contributed by atoms with Crippen molar-refractivity contribution in [2.45, 2.75) is 25.7 Å². The average Bonchev–Trinajstić information content (AvgIpc) is 2.90. The Kier molecular flexibility index (Phi) is 5.17. The molecule has 1 heterocycles. The number of nitrogens with one attached hydrogen (secondary N) is 1. The van der Waals surface area contributed by atoms with E-state index in [4.69, 9.17) is 0 Å². The van der Waals surface area contributed by atoms with E-state index >= 15 is 0 Å². The lowest BCUT2D eigenvalue weighted by atomic mass is 9.97. The van der Waals surface area contributed by atoms with Gasteiger partial charge in [0.05, 0.1) is 16.2 Å². The van der Waals surface area contributed by atoms with E-state index in [1.807, 2.05) is 30.8 Å². The first-order valence-corrected chi connectivity index (χ1v) is 10.8. The highest BCUT2D eigenvalue weighted by Gasteiger charge is 2.20. The second-order valence-corrected chi connectivity index (χ2v) is 9.16. The third kappa shape index (κ3) is 3.73. The SMILES string of the molecule is Cc1cccc(C)c1-c1c(C)c(C(=O)Nc2ccc(S(C)(=O)=O)cc2)cn1C. The van der Waals surface area contributed by atoms with Crippen LogP contribution in [-0.4, -0.2) is 25.1 Å². The molecule has 1 N–H and O–H groups in total. The van der Waals surface area contributed by atoms with Crippen molar-refractivity contribution in [3.63, 3.8) is 0 Å². The number of hydrogen-bond donors (Lipinski definition) is 1. The van der Waals surface area contributed by atoms with Gasteiger partial charge in [-0.3, -0.25) is 4.79 Å². The fraction of sp³-hybridized carbons (Fsp3) is 0.227. The molecule has 0 bridgehead atoms. The molecule has 5 nitrogen and oxygen atoms in total. The first-order chi connectivity index (χ1) is 13.1. The molecule has 1 aromatic heterocycles. The molecule has 146 valence electrons. The highest BCUT2D eigenvalue weighted by molar-refractivity contribution is 7.90. The molecule has 0 saturated carbocycles. The fourth-order valence-electron chi connectivity index (χ4n) is 3.51. The van der Waals surface area contributed by atoms with Crippen molar-refractivity contribution in [3.05, 3.63) is 70.9 Å². The average molecular weight is 397 g/mol. The minimum atomic E-state index is -3.26. The summed E-state index contributed by atoms with van der Waals surface area (Å²) in [5.74, 6) is -0.224. The van der Waals surface area contributed by atoms with E-state index in [-0.39, 0.29) is 10.8 Å². The third-order valence-electron chi connectivity index (χ3n) is 4.94. The predicted molar refractivity (Wildman–Crippen MR) is 113 cm³/mol. The monoisotopic (exact) mass is 396 g/mol. The van der Waals surface area contributed by atoms with Crippen LogP contribution in [0.1, 0.15) is 27.0 Å². The van der Waals surface area contributed by atoms with E-state index in [0.717, 1.165) is 34.2 Å². The van der Waals surface area contributed by atoms with Gasteiger partial charge in [-0.05, 0) is 61.7 Å². The number of amides is 1. The van der Waals surface area contributed by atoms with Crippen LogP contribution in [0.2, 0.25) is 0 Å². The maximum absolute atomic E-state index is 12.8. The number of sulfone groups is 1. The van der Waals surface area contributed by atoms with E-state index in [0.29, 0.717) is 11.3 Å². The second-order valence-electron chi connectivity index (χ2n) is 7.14. The molecule has 0 aliphatic carbocycles. The first-order valence-electron chi connectivity index (χ1n) is 8.93. The van der Waals surface area contributed by atoms with Crippen LogP contribution in [0.5, 0.6) is 0 Å². The van der Waals surface area contributed by atoms with Gasteiger partial charge in [-0.15, -0.1) is 0 Å². The normalized spacial score (nSPS) is 11.5. The topological polar surface area (TPSA) is 68.2 Å². The van der Waals surface area contributed by atoms with Crippen LogP contribution < -0.4 is 5.32 Å². The maximum Gasteiger partial charge on any atom is 0.257 e. The molecule has 6 heteroatoms. The van der Waals surface area contributed by atoms with Crippen molar-refractivity contribution in [1.82, 2.24) is 4.57 Å². The molecule has 3 aromatic rings. The molecule has 0 radical (unpaired) electrons. The Morgan fingerprint density at radius 3 is 2.07 bits per heavy atom. The quantitative estimate of drug-likeness (QED) is 0.716. The van der Waals surface area contributed by atoms with E-state index in [9.17, 15) is 13.2 Å². The highest BCUT2D eigenvalue weighted by atomic mass is 32.2. The molecule has 0 aliphatic rings. The lowest BCUT2D eigenvalue weighted by molar-refractivity contribution is 0.102. The third-order valence-corrected chi connectivity index (χ3v) is 6.07. The van der Waals surface area contributed by atoms with E-state index in [1.165, 1.54) is 12.1 Å². The van der Waals surface area contributed by atoms with E-state index in [2.05, 4.69) is 31.3 Å². The number of hydrogen-bond acceptors (Lipinski definition) is 3. The Balaban J connectivity index is 1.94. The van der Waals surface area contributed by atoms with Gasteiger partial charge in [0.2, 0.25) is 0 Å². The van der Waals surface area contributed by atoms with Crippen molar-refractivity contribution in [2.75, 3.05) is 11.6 Å². The summed E-state index contributed by atoms with van der Waals surface area (Å²) in [6, 6.07) is 12.3. The summed E-state index contributed by atoms with van der Waals surface area (Å²) in [6.07, 6.45) is 2.99. The second kappa shape index (κ2) is 7.28. The van der Waals surface area contributed by atoms with Crippen LogP contribution in [0.15, 0.2) is 53.6 Å². The Hall–Kier alpha value is -2.86. The number of rotatable bonds is 4. The van der Waals surface area contributed by atoms with E-state index < -0.39 is 9.84 Å². The van der Waals surface area contributed by atoms with Gasteiger partial charge in [0.25, 0.3) is 5.91 Å². The summed E-state index contributed by atoms with van der Waals surface area (Å²) in [7, 11) is -1.33. The lowest BCUT2D eigenvalue weighted by Crippen LogP contribution is -2.12. The van der Waals surface area contributed by atoms with Gasteiger partial charge in [-0.25, -0.2) is 8.42 Å². The summed E-state index contributed by atoms with van der Waals surface area (Å²) >= 11 is 0. The number of aryl methyl sites for hydroxylation is 3. The predicted octanol–water partition coefficient (Wildman–Crippen LogP) is 4.27. The molecule has 0 fully saturated rings. The minimum Gasteiger partial charge on any atom is -0.350 e. The minimum absolute atomic E-state index is 0.221. The fourth-order valence-corrected chi connectivity index (χ4v) is 4.14.